The van der Waals surface area contributed by atoms with Crippen molar-refractivity contribution in [2.45, 2.75) is 11.8 Å². The van der Waals surface area contributed by atoms with E-state index < -0.39 is 10.0 Å². The van der Waals surface area contributed by atoms with E-state index in [1.807, 2.05) is 31.2 Å². The monoisotopic (exact) mass is 277 g/mol. The molecule has 2 rings (SSSR count). The third-order valence-corrected chi connectivity index (χ3v) is 3.59. The highest BCUT2D eigenvalue weighted by Crippen LogP contribution is 2.25. The van der Waals surface area contributed by atoms with Crippen LogP contribution in [0.4, 0.5) is 17.1 Å². The Morgan fingerprint density at radius 3 is 2.21 bits per heavy atom. The van der Waals surface area contributed by atoms with Gasteiger partial charge in [0.1, 0.15) is 0 Å². The molecule has 0 spiro atoms. The number of anilines is 3. The van der Waals surface area contributed by atoms with Crippen molar-refractivity contribution in [3.8, 4) is 0 Å². The Labute approximate surface area is 112 Å². The first-order valence-electron chi connectivity index (χ1n) is 5.62. The van der Waals surface area contributed by atoms with E-state index in [1.165, 1.54) is 12.1 Å². The molecule has 0 saturated heterocycles. The fourth-order valence-electron chi connectivity index (χ4n) is 1.62. The summed E-state index contributed by atoms with van der Waals surface area (Å²) in [5.41, 5.74) is 8.81. The molecular weight excluding hydrogens is 262 g/mol. The lowest BCUT2D eigenvalue weighted by Crippen LogP contribution is -2.12. The van der Waals surface area contributed by atoms with Gasteiger partial charge in [-0.05, 0) is 37.3 Å². The standard InChI is InChI=1S/C13H15N3O2S/c1-9-2-4-10(5-3-9)16-13-7-6-11(8-12(13)14)19(15,17)18/h2-8,16H,14H2,1H3,(H2,15,17,18). The van der Waals surface area contributed by atoms with Crippen LogP contribution in [0.15, 0.2) is 47.4 Å². The molecule has 2 aromatic rings. The van der Waals surface area contributed by atoms with Crippen molar-refractivity contribution < 1.29 is 8.42 Å². The third-order valence-electron chi connectivity index (χ3n) is 2.68. The highest BCUT2D eigenvalue weighted by atomic mass is 32.2. The number of hydrogen-bond acceptors (Lipinski definition) is 4. The first-order valence-corrected chi connectivity index (χ1v) is 7.17. The Kier molecular flexibility index (Phi) is 3.46. The summed E-state index contributed by atoms with van der Waals surface area (Å²) < 4.78 is 22.4. The van der Waals surface area contributed by atoms with E-state index >= 15 is 0 Å². The summed E-state index contributed by atoms with van der Waals surface area (Å²) in [5, 5.41) is 8.16. The Balaban J connectivity index is 2.29. The van der Waals surface area contributed by atoms with Gasteiger partial charge in [-0.2, -0.15) is 0 Å². The molecule has 5 N–H and O–H groups in total. The summed E-state index contributed by atoms with van der Waals surface area (Å²) in [5.74, 6) is 0. The molecule has 0 bridgehead atoms. The van der Waals surface area contributed by atoms with Crippen molar-refractivity contribution in [3.63, 3.8) is 0 Å². The SMILES string of the molecule is Cc1ccc(Nc2ccc(S(N)(=O)=O)cc2N)cc1. The zero-order chi connectivity index (χ0) is 14.0. The van der Waals surface area contributed by atoms with Crippen LogP contribution in [0.2, 0.25) is 0 Å². The van der Waals surface area contributed by atoms with Crippen molar-refractivity contribution in [3.05, 3.63) is 48.0 Å². The number of nitrogens with two attached hydrogens (primary N) is 2. The van der Waals surface area contributed by atoms with Crippen LogP contribution in [0.5, 0.6) is 0 Å². The van der Waals surface area contributed by atoms with Gasteiger partial charge in [0.05, 0.1) is 16.3 Å². The molecule has 0 radical (unpaired) electrons. The first kappa shape index (κ1) is 13.4. The molecule has 0 aliphatic rings. The number of hydrogen-bond donors (Lipinski definition) is 3. The second-order valence-electron chi connectivity index (χ2n) is 4.29. The fourth-order valence-corrected chi connectivity index (χ4v) is 2.17. The number of rotatable bonds is 3. The maximum Gasteiger partial charge on any atom is 0.238 e. The first-order chi connectivity index (χ1) is 8.86. The normalized spacial score (nSPS) is 11.3. The largest absolute Gasteiger partial charge is 0.397 e. The lowest BCUT2D eigenvalue weighted by molar-refractivity contribution is 0.598. The quantitative estimate of drug-likeness (QED) is 0.747. The number of nitrogen functional groups attached to an aromatic ring is 1. The second-order valence-corrected chi connectivity index (χ2v) is 5.85. The van der Waals surface area contributed by atoms with Gasteiger partial charge in [0, 0.05) is 5.69 Å². The Bertz CT molecular complexity index is 694. The minimum atomic E-state index is -3.73. The van der Waals surface area contributed by atoms with Crippen molar-refractivity contribution in [1.82, 2.24) is 0 Å². The van der Waals surface area contributed by atoms with Crippen molar-refractivity contribution in [2.75, 3.05) is 11.1 Å². The van der Waals surface area contributed by atoms with Crippen LogP contribution in [0, 0.1) is 6.92 Å². The van der Waals surface area contributed by atoms with Crippen LogP contribution in [0.25, 0.3) is 0 Å². The lowest BCUT2D eigenvalue weighted by atomic mass is 10.2. The van der Waals surface area contributed by atoms with E-state index in [2.05, 4.69) is 5.32 Å². The van der Waals surface area contributed by atoms with Crippen molar-refractivity contribution in [2.24, 2.45) is 5.14 Å². The summed E-state index contributed by atoms with van der Waals surface area (Å²) in [6, 6.07) is 12.1. The van der Waals surface area contributed by atoms with Gasteiger partial charge in [-0.25, -0.2) is 13.6 Å². The van der Waals surface area contributed by atoms with E-state index in [0.29, 0.717) is 11.4 Å². The molecular formula is C13H15N3O2S. The second kappa shape index (κ2) is 4.91. The average molecular weight is 277 g/mol. The molecule has 0 atom stereocenters. The van der Waals surface area contributed by atoms with Crippen molar-refractivity contribution in [1.29, 1.82) is 0 Å². The van der Waals surface area contributed by atoms with Gasteiger partial charge in [0.15, 0.2) is 0 Å². The van der Waals surface area contributed by atoms with E-state index in [4.69, 9.17) is 10.9 Å². The molecule has 100 valence electrons. The maximum atomic E-state index is 11.2. The smallest absolute Gasteiger partial charge is 0.238 e. The van der Waals surface area contributed by atoms with E-state index in [9.17, 15) is 8.42 Å². The van der Waals surface area contributed by atoms with Gasteiger partial charge >= 0.3 is 0 Å². The minimum Gasteiger partial charge on any atom is -0.397 e. The van der Waals surface area contributed by atoms with Gasteiger partial charge in [-0.3, -0.25) is 0 Å². The summed E-state index contributed by atoms with van der Waals surface area (Å²) in [6.45, 7) is 2.00. The summed E-state index contributed by atoms with van der Waals surface area (Å²) in [7, 11) is -3.73. The van der Waals surface area contributed by atoms with Crippen LogP contribution in [0.3, 0.4) is 0 Å². The fraction of sp³-hybridized carbons (Fsp3) is 0.0769. The number of primary sulfonamides is 1. The Morgan fingerprint density at radius 2 is 1.68 bits per heavy atom. The third kappa shape index (κ3) is 3.24. The molecule has 19 heavy (non-hydrogen) atoms. The van der Waals surface area contributed by atoms with Crippen LogP contribution in [0.1, 0.15) is 5.56 Å². The van der Waals surface area contributed by atoms with Gasteiger partial charge in [-0.1, -0.05) is 17.7 Å². The molecule has 2 aromatic carbocycles. The molecule has 0 aliphatic heterocycles. The topological polar surface area (TPSA) is 98.2 Å². The Morgan fingerprint density at radius 1 is 1.05 bits per heavy atom. The predicted octanol–water partition coefficient (Wildman–Crippen LogP) is 1.97. The van der Waals surface area contributed by atoms with Gasteiger partial charge in [0.25, 0.3) is 0 Å². The lowest BCUT2D eigenvalue weighted by Gasteiger charge is -2.10. The van der Waals surface area contributed by atoms with Crippen LogP contribution in [-0.2, 0) is 10.0 Å². The molecule has 0 heterocycles. The number of nitrogens with one attached hydrogen (secondary N) is 1. The van der Waals surface area contributed by atoms with Crippen LogP contribution >= 0.6 is 0 Å². The summed E-state index contributed by atoms with van der Waals surface area (Å²) in [6.07, 6.45) is 0. The average Bonchev–Trinajstić information content (AvgIpc) is 2.33. The van der Waals surface area contributed by atoms with Crippen LogP contribution < -0.4 is 16.2 Å². The zero-order valence-corrected chi connectivity index (χ0v) is 11.2. The maximum absolute atomic E-state index is 11.2. The molecule has 6 heteroatoms. The predicted molar refractivity (Wildman–Crippen MR) is 76.7 cm³/mol. The number of aryl methyl sites for hydroxylation is 1. The zero-order valence-electron chi connectivity index (χ0n) is 10.4. The molecule has 0 saturated carbocycles. The molecule has 0 fully saturated rings. The molecule has 0 aliphatic carbocycles. The van der Waals surface area contributed by atoms with Gasteiger partial charge in [-0.15, -0.1) is 0 Å². The molecule has 0 amide bonds. The summed E-state index contributed by atoms with van der Waals surface area (Å²) in [4.78, 5) is -0.000504. The van der Waals surface area contributed by atoms with E-state index in [-0.39, 0.29) is 4.90 Å². The molecule has 5 nitrogen and oxygen atoms in total. The summed E-state index contributed by atoms with van der Waals surface area (Å²) >= 11 is 0. The highest BCUT2D eigenvalue weighted by molar-refractivity contribution is 7.89. The van der Waals surface area contributed by atoms with Gasteiger partial charge < -0.3 is 11.1 Å². The molecule has 0 aromatic heterocycles. The van der Waals surface area contributed by atoms with E-state index in [1.54, 1.807) is 6.07 Å². The molecule has 0 unspecified atom stereocenters. The number of benzene rings is 2. The van der Waals surface area contributed by atoms with Crippen molar-refractivity contribution >= 4 is 27.1 Å². The van der Waals surface area contributed by atoms with Gasteiger partial charge in [0.2, 0.25) is 10.0 Å². The number of sulfonamides is 1. The highest BCUT2D eigenvalue weighted by Gasteiger charge is 2.10. The minimum absolute atomic E-state index is 0.000504. The van der Waals surface area contributed by atoms with E-state index in [0.717, 1.165) is 11.3 Å². The van der Waals surface area contributed by atoms with Crippen LogP contribution in [-0.4, -0.2) is 8.42 Å². The Hall–Kier alpha value is -2.05.